The van der Waals surface area contributed by atoms with Crippen LogP contribution in [-0.4, -0.2) is 4.98 Å². The first-order chi connectivity index (χ1) is 6.86. The zero-order valence-electron chi connectivity index (χ0n) is 7.56. The Labute approximate surface area is 92.4 Å². The van der Waals surface area contributed by atoms with Gasteiger partial charge in [-0.15, -0.1) is 22.9 Å². The smallest absolute Gasteiger partial charge is 0.0733 e. The highest BCUT2D eigenvalue weighted by Crippen LogP contribution is 2.27. The van der Waals surface area contributed by atoms with Crippen molar-refractivity contribution in [2.45, 2.75) is 11.8 Å². The molecule has 0 spiro atoms. The molecule has 0 saturated carbocycles. The maximum Gasteiger partial charge on any atom is 0.0733 e. The Hall–Kier alpha value is -0.860. The Kier molecular flexibility index (Phi) is 3.17. The van der Waals surface area contributed by atoms with Crippen LogP contribution in [0.2, 0.25) is 0 Å². The van der Waals surface area contributed by atoms with Crippen LogP contribution in [0.1, 0.15) is 15.9 Å². The molecule has 0 aromatic carbocycles. The summed E-state index contributed by atoms with van der Waals surface area (Å²) in [6.07, 6.45) is 2.59. The van der Waals surface area contributed by atoms with Crippen LogP contribution in [0, 0.1) is 0 Å². The lowest BCUT2D eigenvalue weighted by Gasteiger charge is -2.05. The first-order valence-electron chi connectivity index (χ1n) is 4.43. The minimum Gasteiger partial charge on any atom is -0.261 e. The minimum absolute atomic E-state index is 0.0462. The van der Waals surface area contributed by atoms with Crippen LogP contribution in [0.3, 0.4) is 0 Å². The van der Waals surface area contributed by atoms with Gasteiger partial charge in [0, 0.05) is 23.2 Å². The van der Waals surface area contributed by atoms with Crippen molar-refractivity contribution in [3.63, 3.8) is 0 Å². The van der Waals surface area contributed by atoms with E-state index in [0.717, 1.165) is 12.1 Å². The Balaban J connectivity index is 2.06. The van der Waals surface area contributed by atoms with Crippen molar-refractivity contribution >= 4 is 22.9 Å². The summed E-state index contributed by atoms with van der Waals surface area (Å²) >= 11 is 7.94. The van der Waals surface area contributed by atoms with Gasteiger partial charge in [-0.2, -0.15) is 0 Å². The van der Waals surface area contributed by atoms with E-state index in [-0.39, 0.29) is 5.38 Å². The molecule has 72 valence electrons. The van der Waals surface area contributed by atoms with E-state index in [1.807, 2.05) is 29.6 Å². The summed E-state index contributed by atoms with van der Waals surface area (Å²) in [7, 11) is 0. The maximum atomic E-state index is 6.25. The van der Waals surface area contributed by atoms with Gasteiger partial charge in [-0.25, -0.2) is 0 Å². The number of pyridine rings is 1. The van der Waals surface area contributed by atoms with E-state index in [1.54, 1.807) is 17.5 Å². The average molecular weight is 224 g/mol. The fourth-order valence-corrected chi connectivity index (χ4v) is 2.36. The van der Waals surface area contributed by atoms with Gasteiger partial charge in [0.15, 0.2) is 0 Å². The predicted molar refractivity (Wildman–Crippen MR) is 60.9 cm³/mol. The van der Waals surface area contributed by atoms with Crippen molar-refractivity contribution in [3.8, 4) is 0 Å². The monoisotopic (exact) mass is 223 g/mol. The number of thiophene rings is 1. The Morgan fingerprint density at radius 2 is 2.21 bits per heavy atom. The van der Waals surface area contributed by atoms with Gasteiger partial charge in [0.1, 0.15) is 0 Å². The molecule has 0 aliphatic heterocycles. The standard InChI is InChI=1S/C11H10ClNS/c12-10(11-5-3-7-14-11)8-9-4-1-2-6-13-9/h1-7,10H,8H2. The van der Waals surface area contributed by atoms with Crippen molar-refractivity contribution in [3.05, 3.63) is 52.5 Å². The normalized spacial score (nSPS) is 12.6. The van der Waals surface area contributed by atoms with Crippen molar-refractivity contribution in [2.24, 2.45) is 0 Å². The zero-order valence-corrected chi connectivity index (χ0v) is 9.13. The van der Waals surface area contributed by atoms with Gasteiger partial charge >= 0.3 is 0 Å². The predicted octanol–water partition coefficient (Wildman–Crippen LogP) is 3.67. The molecule has 0 saturated heterocycles. The number of hydrogen-bond acceptors (Lipinski definition) is 2. The van der Waals surface area contributed by atoms with Gasteiger partial charge < -0.3 is 0 Å². The Morgan fingerprint density at radius 3 is 2.86 bits per heavy atom. The molecule has 2 aromatic heterocycles. The van der Waals surface area contributed by atoms with Gasteiger partial charge in [-0.05, 0) is 23.6 Å². The molecule has 1 atom stereocenters. The van der Waals surface area contributed by atoms with E-state index in [9.17, 15) is 0 Å². The SMILES string of the molecule is ClC(Cc1ccccn1)c1cccs1. The molecule has 0 N–H and O–H groups in total. The van der Waals surface area contributed by atoms with E-state index in [0.29, 0.717) is 0 Å². The van der Waals surface area contributed by atoms with Crippen LogP contribution in [0.5, 0.6) is 0 Å². The van der Waals surface area contributed by atoms with E-state index in [1.165, 1.54) is 4.88 Å². The summed E-state index contributed by atoms with van der Waals surface area (Å²) in [6, 6.07) is 9.99. The molecule has 2 heterocycles. The highest BCUT2D eigenvalue weighted by molar-refractivity contribution is 7.10. The highest BCUT2D eigenvalue weighted by atomic mass is 35.5. The van der Waals surface area contributed by atoms with E-state index >= 15 is 0 Å². The molecule has 3 heteroatoms. The van der Waals surface area contributed by atoms with Gasteiger partial charge in [0.25, 0.3) is 0 Å². The number of alkyl halides is 1. The van der Waals surface area contributed by atoms with Crippen LogP contribution >= 0.6 is 22.9 Å². The molecule has 0 radical (unpaired) electrons. The van der Waals surface area contributed by atoms with Crippen molar-refractivity contribution in [1.29, 1.82) is 0 Å². The summed E-state index contributed by atoms with van der Waals surface area (Å²) in [5.41, 5.74) is 1.04. The van der Waals surface area contributed by atoms with Crippen LogP contribution in [0.4, 0.5) is 0 Å². The van der Waals surface area contributed by atoms with Crippen molar-refractivity contribution in [2.75, 3.05) is 0 Å². The molecular weight excluding hydrogens is 214 g/mol. The third-order valence-electron chi connectivity index (χ3n) is 1.97. The summed E-state index contributed by atoms with van der Waals surface area (Å²) in [4.78, 5) is 5.45. The van der Waals surface area contributed by atoms with E-state index in [2.05, 4.69) is 11.1 Å². The van der Waals surface area contributed by atoms with Gasteiger partial charge in [-0.1, -0.05) is 12.1 Å². The van der Waals surface area contributed by atoms with Crippen LogP contribution in [0.15, 0.2) is 41.9 Å². The third-order valence-corrected chi connectivity index (χ3v) is 3.47. The lowest BCUT2D eigenvalue weighted by atomic mass is 10.2. The minimum atomic E-state index is 0.0462. The largest absolute Gasteiger partial charge is 0.261 e. The third kappa shape index (κ3) is 2.34. The van der Waals surface area contributed by atoms with Gasteiger partial charge in [-0.3, -0.25) is 4.98 Å². The zero-order chi connectivity index (χ0) is 9.80. The van der Waals surface area contributed by atoms with Crippen LogP contribution in [-0.2, 0) is 6.42 Å². The molecule has 0 fully saturated rings. The highest BCUT2D eigenvalue weighted by Gasteiger charge is 2.09. The van der Waals surface area contributed by atoms with Crippen LogP contribution in [0.25, 0.3) is 0 Å². The lowest BCUT2D eigenvalue weighted by molar-refractivity contribution is 0.896. The van der Waals surface area contributed by atoms with Crippen molar-refractivity contribution in [1.82, 2.24) is 4.98 Å². The lowest BCUT2D eigenvalue weighted by Crippen LogP contribution is -1.95. The molecule has 0 aliphatic carbocycles. The molecule has 1 unspecified atom stereocenters. The fraction of sp³-hybridized carbons (Fsp3) is 0.182. The molecule has 1 nitrogen and oxygen atoms in total. The van der Waals surface area contributed by atoms with Gasteiger partial charge in [0.05, 0.1) is 5.38 Å². The molecule has 2 rings (SSSR count). The summed E-state index contributed by atoms with van der Waals surface area (Å²) in [6.45, 7) is 0. The van der Waals surface area contributed by atoms with E-state index < -0.39 is 0 Å². The molecule has 0 aliphatic rings. The number of rotatable bonds is 3. The number of nitrogens with zero attached hydrogens (tertiary/aromatic N) is 1. The topological polar surface area (TPSA) is 12.9 Å². The summed E-state index contributed by atoms with van der Waals surface area (Å²) < 4.78 is 0. The number of hydrogen-bond donors (Lipinski definition) is 0. The van der Waals surface area contributed by atoms with Crippen LogP contribution < -0.4 is 0 Å². The molecule has 2 aromatic rings. The fourth-order valence-electron chi connectivity index (χ4n) is 1.27. The van der Waals surface area contributed by atoms with E-state index in [4.69, 9.17) is 11.6 Å². The van der Waals surface area contributed by atoms with Crippen molar-refractivity contribution < 1.29 is 0 Å². The Bertz CT molecular complexity index is 371. The molecule has 0 amide bonds. The summed E-state index contributed by atoms with van der Waals surface area (Å²) in [5, 5.41) is 2.09. The molecule has 14 heavy (non-hydrogen) atoms. The Morgan fingerprint density at radius 1 is 1.29 bits per heavy atom. The number of aromatic nitrogens is 1. The second kappa shape index (κ2) is 4.58. The first kappa shape index (κ1) is 9.69. The molecular formula is C11H10ClNS. The maximum absolute atomic E-state index is 6.25. The summed E-state index contributed by atoms with van der Waals surface area (Å²) in [5.74, 6) is 0. The quantitative estimate of drug-likeness (QED) is 0.724. The molecule has 0 bridgehead atoms. The second-order valence-electron chi connectivity index (χ2n) is 3.01. The number of halogens is 1. The first-order valence-corrected chi connectivity index (χ1v) is 5.75. The second-order valence-corrected chi connectivity index (χ2v) is 4.51. The average Bonchev–Trinajstić information content (AvgIpc) is 2.72. The van der Waals surface area contributed by atoms with Gasteiger partial charge in [0.2, 0.25) is 0 Å².